The van der Waals surface area contributed by atoms with Crippen LogP contribution in [-0.4, -0.2) is 39.5 Å². The topological polar surface area (TPSA) is 70.5 Å². The Hall–Kier alpha value is -1.91. The van der Waals surface area contributed by atoms with E-state index in [0.717, 1.165) is 0 Å². The number of carboxylic acids is 1. The summed E-state index contributed by atoms with van der Waals surface area (Å²) in [6, 6.07) is 3.40. The van der Waals surface area contributed by atoms with Gasteiger partial charge in [-0.05, 0) is 31.9 Å². The molecule has 0 spiro atoms. The van der Waals surface area contributed by atoms with Crippen molar-refractivity contribution in [3.05, 3.63) is 30.1 Å². The molecule has 1 aromatic rings. The molecular formula is C13H16N2O3. The van der Waals surface area contributed by atoms with E-state index in [9.17, 15) is 9.59 Å². The van der Waals surface area contributed by atoms with Gasteiger partial charge in [-0.2, -0.15) is 0 Å². The lowest BCUT2D eigenvalue weighted by Crippen LogP contribution is -2.46. The highest BCUT2D eigenvalue weighted by molar-refractivity contribution is 5.94. The number of rotatable bonds is 2. The van der Waals surface area contributed by atoms with Crippen molar-refractivity contribution in [2.45, 2.75) is 25.8 Å². The first-order valence-electron chi connectivity index (χ1n) is 6.03. The number of carbonyl (C=O) groups is 2. The van der Waals surface area contributed by atoms with Crippen LogP contribution in [0.3, 0.4) is 0 Å². The maximum absolute atomic E-state index is 12.2. The van der Waals surface area contributed by atoms with Crippen molar-refractivity contribution in [2.24, 2.45) is 5.92 Å². The van der Waals surface area contributed by atoms with Gasteiger partial charge in [-0.3, -0.25) is 14.6 Å². The molecule has 18 heavy (non-hydrogen) atoms. The standard InChI is InChI=1S/C13H16N2O3/c1-9-7-10(13(17)18)4-6-15(9)12(16)11-3-2-5-14-8-11/h2-3,5,8-10H,4,6-7H2,1H3,(H,17,18). The van der Waals surface area contributed by atoms with Gasteiger partial charge in [-0.25, -0.2) is 0 Å². The van der Waals surface area contributed by atoms with Crippen LogP contribution in [0.2, 0.25) is 0 Å². The van der Waals surface area contributed by atoms with Crippen LogP contribution in [0, 0.1) is 5.92 Å². The lowest BCUT2D eigenvalue weighted by molar-refractivity contribution is -0.143. The molecule has 0 radical (unpaired) electrons. The summed E-state index contributed by atoms with van der Waals surface area (Å²) in [6.45, 7) is 2.38. The molecule has 1 saturated heterocycles. The maximum Gasteiger partial charge on any atom is 0.306 e. The molecule has 5 nitrogen and oxygen atoms in total. The number of aromatic nitrogens is 1. The number of piperidine rings is 1. The fourth-order valence-electron chi connectivity index (χ4n) is 2.35. The number of amides is 1. The van der Waals surface area contributed by atoms with E-state index in [-0.39, 0.29) is 17.9 Å². The summed E-state index contributed by atoms with van der Waals surface area (Å²) >= 11 is 0. The molecule has 0 aliphatic carbocycles. The Morgan fingerprint density at radius 1 is 1.50 bits per heavy atom. The third-order valence-electron chi connectivity index (χ3n) is 3.39. The SMILES string of the molecule is CC1CC(C(=O)O)CCN1C(=O)c1cccnc1. The first kappa shape index (κ1) is 12.5. The summed E-state index contributed by atoms with van der Waals surface area (Å²) in [5.41, 5.74) is 0.554. The minimum atomic E-state index is -0.768. The second-order valence-electron chi connectivity index (χ2n) is 4.65. The van der Waals surface area contributed by atoms with E-state index in [0.29, 0.717) is 24.9 Å². The molecule has 1 N–H and O–H groups in total. The Morgan fingerprint density at radius 2 is 2.28 bits per heavy atom. The minimum absolute atomic E-state index is 0.0486. The van der Waals surface area contributed by atoms with Gasteiger partial charge >= 0.3 is 5.97 Å². The second kappa shape index (κ2) is 5.16. The first-order valence-corrected chi connectivity index (χ1v) is 6.03. The van der Waals surface area contributed by atoms with Crippen molar-refractivity contribution in [3.8, 4) is 0 Å². The summed E-state index contributed by atoms with van der Waals surface area (Å²) in [6.07, 6.45) is 4.20. The van der Waals surface area contributed by atoms with Crippen LogP contribution in [0.5, 0.6) is 0 Å². The summed E-state index contributed by atoms with van der Waals surface area (Å²) in [5.74, 6) is -1.17. The molecule has 1 aromatic heterocycles. The van der Waals surface area contributed by atoms with Crippen LogP contribution in [-0.2, 0) is 4.79 Å². The Kier molecular flexibility index (Phi) is 3.60. The third-order valence-corrected chi connectivity index (χ3v) is 3.39. The lowest BCUT2D eigenvalue weighted by Gasteiger charge is -2.36. The van der Waals surface area contributed by atoms with Crippen molar-refractivity contribution < 1.29 is 14.7 Å². The minimum Gasteiger partial charge on any atom is -0.481 e. The van der Waals surface area contributed by atoms with Crippen LogP contribution in [0.1, 0.15) is 30.1 Å². The number of likely N-dealkylation sites (tertiary alicyclic amines) is 1. The van der Waals surface area contributed by atoms with Crippen molar-refractivity contribution in [1.29, 1.82) is 0 Å². The fourth-order valence-corrected chi connectivity index (χ4v) is 2.35. The average molecular weight is 248 g/mol. The molecule has 2 heterocycles. The molecule has 0 aromatic carbocycles. The number of hydrogen-bond donors (Lipinski definition) is 1. The number of hydrogen-bond acceptors (Lipinski definition) is 3. The van der Waals surface area contributed by atoms with E-state index in [1.807, 2.05) is 6.92 Å². The van der Waals surface area contributed by atoms with E-state index < -0.39 is 5.97 Å². The predicted molar refractivity (Wildman–Crippen MR) is 65.1 cm³/mol. The molecular weight excluding hydrogens is 232 g/mol. The molecule has 0 bridgehead atoms. The average Bonchev–Trinajstić information content (AvgIpc) is 2.38. The lowest BCUT2D eigenvalue weighted by atomic mass is 9.91. The van der Waals surface area contributed by atoms with E-state index in [2.05, 4.69) is 4.98 Å². The van der Waals surface area contributed by atoms with Crippen LogP contribution in [0.4, 0.5) is 0 Å². The molecule has 2 atom stereocenters. The Balaban J connectivity index is 2.07. The Morgan fingerprint density at radius 3 is 2.83 bits per heavy atom. The Bertz CT molecular complexity index is 447. The van der Waals surface area contributed by atoms with Gasteiger partial charge in [0.1, 0.15) is 0 Å². The quantitative estimate of drug-likeness (QED) is 0.859. The van der Waals surface area contributed by atoms with Crippen LogP contribution in [0.15, 0.2) is 24.5 Å². The van der Waals surface area contributed by atoms with Crippen molar-refractivity contribution in [3.63, 3.8) is 0 Å². The van der Waals surface area contributed by atoms with Crippen molar-refractivity contribution in [2.75, 3.05) is 6.54 Å². The van der Waals surface area contributed by atoms with Gasteiger partial charge in [0, 0.05) is 25.0 Å². The van der Waals surface area contributed by atoms with E-state index in [1.165, 1.54) is 0 Å². The first-order chi connectivity index (χ1) is 8.59. The largest absolute Gasteiger partial charge is 0.481 e. The molecule has 2 unspecified atom stereocenters. The highest BCUT2D eigenvalue weighted by atomic mass is 16.4. The van der Waals surface area contributed by atoms with E-state index >= 15 is 0 Å². The smallest absolute Gasteiger partial charge is 0.306 e. The predicted octanol–water partition coefficient (Wildman–Crippen LogP) is 1.41. The molecule has 1 aliphatic rings. The van der Waals surface area contributed by atoms with Crippen molar-refractivity contribution >= 4 is 11.9 Å². The zero-order valence-corrected chi connectivity index (χ0v) is 10.2. The monoisotopic (exact) mass is 248 g/mol. The number of aliphatic carboxylic acids is 1. The molecule has 1 fully saturated rings. The maximum atomic E-state index is 12.2. The summed E-state index contributed by atoms with van der Waals surface area (Å²) < 4.78 is 0. The molecule has 2 rings (SSSR count). The van der Waals surface area contributed by atoms with Crippen molar-refractivity contribution in [1.82, 2.24) is 9.88 Å². The summed E-state index contributed by atoms with van der Waals surface area (Å²) in [5, 5.41) is 8.98. The van der Waals surface area contributed by atoms with Gasteiger partial charge in [0.2, 0.25) is 0 Å². The van der Waals surface area contributed by atoms with Gasteiger partial charge in [0.05, 0.1) is 11.5 Å². The normalized spacial score (nSPS) is 23.7. The van der Waals surface area contributed by atoms with E-state index in [1.54, 1.807) is 29.4 Å². The number of pyridine rings is 1. The number of carboxylic acid groups (broad SMARTS) is 1. The third kappa shape index (κ3) is 2.50. The zero-order valence-electron chi connectivity index (χ0n) is 10.2. The van der Waals surface area contributed by atoms with Gasteiger partial charge in [0.25, 0.3) is 5.91 Å². The summed E-state index contributed by atoms with van der Waals surface area (Å²) in [4.78, 5) is 28.8. The van der Waals surface area contributed by atoms with Crippen LogP contribution in [0.25, 0.3) is 0 Å². The fraction of sp³-hybridized carbons (Fsp3) is 0.462. The zero-order chi connectivity index (χ0) is 13.1. The van der Waals surface area contributed by atoms with Crippen LogP contribution >= 0.6 is 0 Å². The molecule has 0 saturated carbocycles. The highest BCUT2D eigenvalue weighted by Crippen LogP contribution is 2.24. The van der Waals surface area contributed by atoms with Gasteiger partial charge in [-0.1, -0.05) is 0 Å². The van der Waals surface area contributed by atoms with Gasteiger partial charge < -0.3 is 10.0 Å². The molecule has 5 heteroatoms. The van der Waals surface area contributed by atoms with Crippen LogP contribution < -0.4 is 0 Å². The van der Waals surface area contributed by atoms with Gasteiger partial charge in [-0.15, -0.1) is 0 Å². The van der Waals surface area contributed by atoms with E-state index in [4.69, 9.17) is 5.11 Å². The summed E-state index contributed by atoms with van der Waals surface area (Å²) in [7, 11) is 0. The number of carbonyl (C=O) groups excluding carboxylic acids is 1. The molecule has 1 aliphatic heterocycles. The second-order valence-corrected chi connectivity index (χ2v) is 4.65. The highest BCUT2D eigenvalue weighted by Gasteiger charge is 2.32. The Labute approximate surface area is 105 Å². The van der Waals surface area contributed by atoms with Gasteiger partial charge in [0.15, 0.2) is 0 Å². The number of nitrogens with zero attached hydrogens (tertiary/aromatic N) is 2. The molecule has 96 valence electrons. The molecule has 1 amide bonds.